The van der Waals surface area contributed by atoms with Gasteiger partial charge in [0.25, 0.3) is 0 Å². The van der Waals surface area contributed by atoms with Gasteiger partial charge in [-0.1, -0.05) is 147 Å². The van der Waals surface area contributed by atoms with Crippen molar-refractivity contribution >= 4 is 29.2 Å². The van der Waals surface area contributed by atoms with Gasteiger partial charge >= 0.3 is 0 Å². The van der Waals surface area contributed by atoms with Crippen LogP contribution < -0.4 is 26.5 Å². The molecule has 0 bridgehead atoms. The molecule has 4 heteroatoms. The van der Waals surface area contributed by atoms with Crippen LogP contribution in [-0.4, -0.2) is 4.57 Å². The van der Waals surface area contributed by atoms with E-state index in [0.29, 0.717) is 0 Å². The van der Waals surface area contributed by atoms with Crippen LogP contribution in [0.2, 0.25) is 0 Å². The predicted molar refractivity (Wildman–Crippen MR) is 218 cm³/mol. The quantitative estimate of drug-likeness (QED) is 0.0801. The van der Waals surface area contributed by atoms with Crippen molar-refractivity contribution in [3.63, 3.8) is 0 Å². The molecule has 0 fully saturated rings. The van der Waals surface area contributed by atoms with E-state index in [2.05, 4.69) is 187 Å². The third-order valence-electron chi connectivity index (χ3n) is 9.10. The summed E-state index contributed by atoms with van der Waals surface area (Å²) in [7, 11) is 0. The lowest BCUT2D eigenvalue weighted by Crippen LogP contribution is -2.35. The highest BCUT2D eigenvalue weighted by Crippen LogP contribution is 2.21. The lowest BCUT2D eigenvalue weighted by atomic mass is 10.1. The summed E-state index contributed by atoms with van der Waals surface area (Å²) in [6.07, 6.45) is 12.3. The molecule has 0 aliphatic carbocycles. The van der Waals surface area contributed by atoms with Crippen molar-refractivity contribution in [1.82, 2.24) is 15.2 Å². The molecule has 0 spiro atoms. The van der Waals surface area contributed by atoms with E-state index in [1.807, 2.05) is 36.6 Å². The topological polar surface area (TPSA) is 41.0 Å². The van der Waals surface area contributed by atoms with Gasteiger partial charge in [-0.2, -0.15) is 0 Å². The maximum atomic E-state index is 4.45. The molecule has 0 aliphatic rings. The summed E-state index contributed by atoms with van der Waals surface area (Å²) in [6.45, 7) is 13.8. The molecule has 6 rings (SSSR count). The molecule has 2 unspecified atom stereocenters. The van der Waals surface area contributed by atoms with Crippen LogP contribution in [0.15, 0.2) is 188 Å². The molecule has 51 heavy (non-hydrogen) atoms. The van der Waals surface area contributed by atoms with Crippen molar-refractivity contribution in [2.75, 3.05) is 5.32 Å². The van der Waals surface area contributed by atoms with Crippen LogP contribution in [0.4, 0.5) is 5.69 Å². The molecule has 0 saturated heterocycles. The Hall–Kier alpha value is -5.94. The predicted octanol–water partition coefficient (Wildman–Crippen LogP) is 9.64. The van der Waals surface area contributed by atoms with Gasteiger partial charge in [-0.05, 0) is 78.1 Å². The van der Waals surface area contributed by atoms with Crippen molar-refractivity contribution in [1.29, 1.82) is 0 Å². The summed E-state index contributed by atoms with van der Waals surface area (Å²) in [5, 5.41) is 14.1. The van der Waals surface area contributed by atoms with Gasteiger partial charge in [-0.3, -0.25) is 10.6 Å². The van der Waals surface area contributed by atoms with E-state index in [1.165, 1.54) is 22.1 Å². The Morgan fingerprint density at radius 1 is 0.745 bits per heavy atom. The van der Waals surface area contributed by atoms with E-state index < -0.39 is 0 Å². The van der Waals surface area contributed by atoms with Gasteiger partial charge < -0.3 is 9.88 Å². The third-order valence-corrected chi connectivity index (χ3v) is 9.10. The fourth-order valence-electron chi connectivity index (χ4n) is 6.14. The van der Waals surface area contributed by atoms with E-state index in [4.69, 9.17) is 0 Å². The van der Waals surface area contributed by atoms with E-state index in [0.717, 1.165) is 45.2 Å². The second-order valence-electron chi connectivity index (χ2n) is 12.7. The monoisotopic (exact) mass is 666 g/mol. The molecule has 1 aromatic heterocycles. The van der Waals surface area contributed by atoms with Crippen LogP contribution in [0.1, 0.15) is 42.7 Å². The SMILES string of the molecule is C=C(/C=C\C=C/Nc1ccc(C(C)NC(NCc2ccccc2)c2ccccc2)cc1)/C(C)=C/C=c1\c(=C)n(-c2ccccc2)c2ccccc12. The van der Waals surface area contributed by atoms with Gasteiger partial charge in [0.2, 0.25) is 0 Å². The number of rotatable bonds is 14. The smallest absolute Gasteiger partial charge is 0.0842 e. The van der Waals surface area contributed by atoms with Gasteiger partial charge in [0.1, 0.15) is 0 Å². The number of fused-ring (bicyclic) bond motifs is 1. The van der Waals surface area contributed by atoms with Crippen LogP contribution in [0.25, 0.3) is 29.2 Å². The molecule has 4 nitrogen and oxygen atoms in total. The van der Waals surface area contributed by atoms with E-state index in [9.17, 15) is 0 Å². The molecule has 2 atom stereocenters. The maximum Gasteiger partial charge on any atom is 0.0842 e. The normalized spacial score (nSPS) is 13.6. The van der Waals surface area contributed by atoms with E-state index >= 15 is 0 Å². The number of nitrogens with one attached hydrogen (secondary N) is 3. The first-order valence-electron chi connectivity index (χ1n) is 17.5. The fourth-order valence-corrected chi connectivity index (χ4v) is 6.14. The average molecular weight is 667 g/mol. The van der Waals surface area contributed by atoms with Gasteiger partial charge in [-0.15, -0.1) is 0 Å². The lowest BCUT2D eigenvalue weighted by molar-refractivity contribution is 0.394. The number of anilines is 1. The van der Waals surface area contributed by atoms with Gasteiger partial charge in [0.15, 0.2) is 0 Å². The van der Waals surface area contributed by atoms with Crippen LogP contribution in [0.5, 0.6) is 0 Å². The Balaban J connectivity index is 1.05. The number of hydrogen-bond donors (Lipinski definition) is 3. The number of nitrogens with zero attached hydrogens (tertiary/aromatic N) is 1. The lowest BCUT2D eigenvalue weighted by Gasteiger charge is -2.25. The first kappa shape index (κ1) is 34.9. The second kappa shape index (κ2) is 17.1. The Kier molecular flexibility index (Phi) is 11.7. The maximum absolute atomic E-state index is 4.45. The van der Waals surface area contributed by atoms with Crippen LogP contribution in [-0.2, 0) is 6.54 Å². The number of hydrogen-bond acceptors (Lipinski definition) is 3. The zero-order valence-corrected chi connectivity index (χ0v) is 29.5. The first-order valence-corrected chi connectivity index (χ1v) is 17.5. The second-order valence-corrected chi connectivity index (χ2v) is 12.7. The molecule has 0 radical (unpaired) electrons. The fraction of sp³-hybridized carbons (Fsp3) is 0.106. The van der Waals surface area contributed by atoms with Crippen molar-refractivity contribution < 1.29 is 0 Å². The van der Waals surface area contributed by atoms with Crippen LogP contribution in [0.3, 0.4) is 0 Å². The third kappa shape index (κ3) is 9.00. The standard InChI is InChI=1S/C47H46N4/c1-35(36(2)27-32-44-38(4)51(43-23-12-7-13-24-43)46-26-15-14-25-45(44)46)18-16-17-33-48-42-30-28-40(29-31-42)37(3)50-47(41-21-10-6-11-22-41)49-34-39-19-8-5-9-20-39/h5-33,37,47-50H,1,4,34H2,2-3H3/b18-16-,33-17-,36-27+,44-32+. The van der Waals surface area contributed by atoms with Crippen molar-refractivity contribution in [3.05, 3.63) is 215 Å². The molecule has 6 aromatic rings. The van der Waals surface area contributed by atoms with Crippen LogP contribution in [0, 0.1) is 0 Å². The highest BCUT2D eigenvalue weighted by atomic mass is 15.1. The zero-order chi connectivity index (χ0) is 35.4. The van der Waals surface area contributed by atoms with Crippen molar-refractivity contribution in [2.45, 2.75) is 32.6 Å². The minimum atomic E-state index is 0.0164. The number of para-hydroxylation sites is 2. The summed E-state index contributed by atoms with van der Waals surface area (Å²) >= 11 is 0. The zero-order valence-electron chi connectivity index (χ0n) is 29.5. The molecular weight excluding hydrogens is 621 g/mol. The number of benzene rings is 5. The average Bonchev–Trinajstić information content (AvgIpc) is 3.46. The minimum absolute atomic E-state index is 0.0164. The molecule has 0 amide bonds. The largest absolute Gasteiger partial charge is 0.362 e. The Labute approximate surface area is 302 Å². The Morgan fingerprint density at radius 2 is 1.39 bits per heavy atom. The van der Waals surface area contributed by atoms with Gasteiger partial charge in [0.05, 0.1) is 11.7 Å². The van der Waals surface area contributed by atoms with Gasteiger partial charge in [-0.25, -0.2) is 0 Å². The summed E-state index contributed by atoms with van der Waals surface area (Å²) in [6, 6.07) is 48.6. The minimum Gasteiger partial charge on any atom is -0.362 e. The number of aromatic nitrogens is 1. The summed E-state index contributed by atoms with van der Waals surface area (Å²) in [5.74, 6) is 0. The molecule has 5 aromatic carbocycles. The van der Waals surface area contributed by atoms with Crippen LogP contribution >= 0.6 is 0 Å². The first-order chi connectivity index (χ1) is 25.0. The molecular formula is C47H46N4. The summed E-state index contributed by atoms with van der Waals surface area (Å²) in [5.41, 5.74) is 9.01. The van der Waals surface area contributed by atoms with E-state index in [-0.39, 0.29) is 12.2 Å². The Morgan fingerprint density at radius 3 is 2.12 bits per heavy atom. The van der Waals surface area contributed by atoms with E-state index in [1.54, 1.807) is 0 Å². The van der Waals surface area contributed by atoms with Gasteiger partial charge in [0, 0.05) is 46.1 Å². The molecule has 3 N–H and O–H groups in total. The van der Waals surface area contributed by atoms with Crippen molar-refractivity contribution in [3.8, 4) is 5.69 Å². The highest BCUT2D eigenvalue weighted by Gasteiger charge is 2.15. The van der Waals surface area contributed by atoms with Crippen molar-refractivity contribution in [2.24, 2.45) is 0 Å². The highest BCUT2D eigenvalue weighted by molar-refractivity contribution is 5.84. The molecule has 254 valence electrons. The molecule has 0 saturated carbocycles. The summed E-state index contributed by atoms with van der Waals surface area (Å²) < 4.78 is 2.22. The molecule has 1 heterocycles. The summed E-state index contributed by atoms with van der Waals surface area (Å²) in [4.78, 5) is 0. The molecule has 0 aliphatic heterocycles. The number of allylic oxidation sites excluding steroid dienone is 6. The Bertz CT molecular complexity index is 2240.